The summed E-state index contributed by atoms with van der Waals surface area (Å²) in [5.74, 6) is 0.0127. The van der Waals surface area contributed by atoms with Gasteiger partial charge in [0.2, 0.25) is 5.91 Å². The number of fused-ring (bicyclic) bond motifs is 1. The minimum absolute atomic E-state index is 0.0127. The van der Waals surface area contributed by atoms with Crippen molar-refractivity contribution in [1.29, 1.82) is 0 Å². The number of aromatic nitrogens is 2. The summed E-state index contributed by atoms with van der Waals surface area (Å²) in [4.78, 5) is 20.6. The molecular formula is C17H17N3OS. The van der Waals surface area contributed by atoms with Crippen molar-refractivity contribution in [2.24, 2.45) is 0 Å². The van der Waals surface area contributed by atoms with E-state index in [4.69, 9.17) is 0 Å². The van der Waals surface area contributed by atoms with Crippen LogP contribution in [0, 0.1) is 0 Å². The van der Waals surface area contributed by atoms with Gasteiger partial charge >= 0.3 is 0 Å². The predicted octanol–water partition coefficient (Wildman–Crippen LogP) is 3.14. The molecule has 2 heterocycles. The molecule has 3 rings (SSSR count). The third-order valence-corrected chi connectivity index (χ3v) is 4.28. The average Bonchev–Trinajstić information content (AvgIpc) is 2.97. The lowest BCUT2D eigenvalue weighted by molar-refractivity contribution is -0.120. The number of pyridine rings is 1. The lowest BCUT2D eigenvalue weighted by atomic mass is 10.1. The van der Waals surface area contributed by atoms with Gasteiger partial charge in [0.1, 0.15) is 5.65 Å². The first-order chi connectivity index (χ1) is 10.8. The van der Waals surface area contributed by atoms with E-state index in [2.05, 4.69) is 27.4 Å². The van der Waals surface area contributed by atoms with Gasteiger partial charge in [0.05, 0.1) is 6.42 Å². The molecule has 5 heteroatoms. The molecule has 4 nitrogen and oxygen atoms in total. The molecule has 0 unspecified atom stereocenters. The lowest BCUT2D eigenvalue weighted by Crippen LogP contribution is -2.24. The fourth-order valence-corrected chi connectivity index (χ4v) is 2.75. The van der Waals surface area contributed by atoms with Gasteiger partial charge in [-0.15, -0.1) is 11.8 Å². The van der Waals surface area contributed by atoms with Crippen molar-refractivity contribution in [1.82, 2.24) is 15.3 Å². The summed E-state index contributed by atoms with van der Waals surface area (Å²) in [6, 6.07) is 12.1. The molecule has 0 aliphatic rings. The molecule has 1 amide bonds. The normalized spacial score (nSPS) is 10.8. The SMILES string of the molecule is CSc1ccc(CNC(=O)Cc2c[nH]c3ncccc23)cc1. The largest absolute Gasteiger partial charge is 0.352 e. The summed E-state index contributed by atoms with van der Waals surface area (Å²) in [7, 11) is 0. The summed E-state index contributed by atoms with van der Waals surface area (Å²) in [5.41, 5.74) is 2.89. The second-order valence-corrected chi connectivity index (χ2v) is 5.89. The van der Waals surface area contributed by atoms with E-state index in [0.29, 0.717) is 13.0 Å². The Morgan fingerprint density at radius 1 is 1.27 bits per heavy atom. The number of amides is 1. The second-order valence-electron chi connectivity index (χ2n) is 5.02. The molecule has 0 spiro atoms. The predicted molar refractivity (Wildman–Crippen MR) is 89.9 cm³/mol. The highest BCUT2D eigenvalue weighted by molar-refractivity contribution is 7.98. The van der Waals surface area contributed by atoms with E-state index in [1.807, 2.05) is 36.7 Å². The van der Waals surface area contributed by atoms with Crippen molar-refractivity contribution in [3.63, 3.8) is 0 Å². The number of carbonyl (C=O) groups excluding carboxylic acids is 1. The van der Waals surface area contributed by atoms with Gasteiger partial charge in [-0.25, -0.2) is 4.98 Å². The highest BCUT2D eigenvalue weighted by Gasteiger charge is 2.08. The number of hydrogen-bond donors (Lipinski definition) is 2. The van der Waals surface area contributed by atoms with Crippen LogP contribution in [0.4, 0.5) is 0 Å². The van der Waals surface area contributed by atoms with E-state index in [1.54, 1.807) is 18.0 Å². The number of thioether (sulfide) groups is 1. The molecule has 2 aromatic heterocycles. The van der Waals surface area contributed by atoms with Crippen LogP contribution in [0.5, 0.6) is 0 Å². The van der Waals surface area contributed by atoms with Gasteiger partial charge in [-0.3, -0.25) is 4.79 Å². The van der Waals surface area contributed by atoms with Crippen LogP contribution in [0.1, 0.15) is 11.1 Å². The Hall–Kier alpha value is -2.27. The molecule has 3 aromatic rings. The molecule has 2 N–H and O–H groups in total. The number of nitrogens with zero attached hydrogens (tertiary/aromatic N) is 1. The van der Waals surface area contributed by atoms with Crippen LogP contribution in [-0.2, 0) is 17.8 Å². The lowest BCUT2D eigenvalue weighted by Gasteiger charge is -2.06. The summed E-state index contributed by atoms with van der Waals surface area (Å²) in [5, 5.41) is 3.96. The van der Waals surface area contributed by atoms with Gasteiger partial charge in [0.15, 0.2) is 0 Å². The van der Waals surface area contributed by atoms with Crippen LogP contribution in [0.3, 0.4) is 0 Å². The number of rotatable bonds is 5. The first kappa shape index (κ1) is 14.7. The van der Waals surface area contributed by atoms with Gasteiger partial charge in [-0.1, -0.05) is 12.1 Å². The maximum Gasteiger partial charge on any atom is 0.224 e. The van der Waals surface area contributed by atoms with E-state index in [0.717, 1.165) is 22.2 Å². The number of benzene rings is 1. The van der Waals surface area contributed by atoms with Crippen LogP contribution in [0.15, 0.2) is 53.7 Å². The monoisotopic (exact) mass is 311 g/mol. The maximum atomic E-state index is 12.1. The molecule has 112 valence electrons. The van der Waals surface area contributed by atoms with Gasteiger partial charge in [-0.05, 0) is 41.6 Å². The van der Waals surface area contributed by atoms with Crippen LogP contribution in [0.25, 0.3) is 11.0 Å². The van der Waals surface area contributed by atoms with Crippen LogP contribution in [0.2, 0.25) is 0 Å². The fourth-order valence-electron chi connectivity index (χ4n) is 2.34. The maximum absolute atomic E-state index is 12.1. The van der Waals surface area contributed by atoms with E-state index in [1.165, 1.54) is 4.90 Å². The van der Waals surface area contributed by atoms with Gasteiger partial charge < -0.3 is 10.3 Å². The van der Waals surface area contributed by atoms with E-state index in [-0.39, 0.29) is 5.91 Å². The number of carbonyl (C=O) groups is 1. The summed E-state index contributed by atoms with van der Waals surface area (Å²) in [6.07, 6.45) is 5.99. The van der Waals surface area contributed by atoms with Crippen molar-refractivity contribution in [3.8, 4) is 0 Å². The third kappa shape index (κ3) is 3.31. The van der Waals surface area contributed by atoms with Gasteiger partial charge in [-0.2, -0.15) is 0 Å². The van der Waals surface area contributed by atoms with Crippen molar-refractivity contribution in [2.45, 2.75) is 17.9 Å². The first-order valence-electron chi connectivity index (χ1n) is 7.07. The zero-order chi connectivity index (χ0) is 15.4. The zero-order valence-corrected chi connectivity index (χ0v) is 13.1. The minimum atomic E-state index is 0.0127. The van der Waals surface area contributed by atoms with Crippen molar-refractivity contribution < 1.29 is 4.79 Å². The van der Waals surface area contributed by atoms with Crippen molar-refractivity contribution in [3.05, 3.63) is 59.9 Å². The van der Waals surface area contributed by atoms with Gasteiger partial charge in [0, 0.05) is 29.2 Å². The van der Waals surface area contributed by atoms with Crippen molar-refractivity contribution >= 4 is 28.7 Å². The summed E-state index contributed by atoms with van der Waals surface area (Å²) in [6.45, 7) is 0.550. The summed E-state index contributed by atoms with van der Waals surface area (Å²) < 4.78 is 0. The first-order valence-corrected chi connectivity index (χ1v) is 8.29. The standard InChI is InChI=1S/C17H17N3OS/c1-22-14-6-4-12(5-7-14)10-19-16(21)9-13-11-20-17-15(13)3-2-8-18-17/h2-8,11H,9-10H2,1H3,(H,18,20)(H,19,21). The molecule has 0 bridgehead atoms. The van der Waals surface area contributed by atoms with Crippen LogP contribution >= 0.6 is 11.8 Å². The Morgan fingerprint density at radius 3 is 2.86 bits per heavy atom. The minimum Gasteiger partial charge on any atom is -0.352 e. The van der Waals surface area contributed by atoms with Crippen molar-refractivity contribution in [2.75, 3.05) is 6.26 Å². The Bertz CT molecular complexity index is 780. The Morgan fingerprint density at radius 2 is 2.09 bits per heavy atom. The molecule has 22 heavy (non-hydrogen) atoms. The smallest absolute Gasteiger partial charge is 0.224 e. The number of nitrogens with one attached hydrogen (secondary N) is 2. The zero-order valence-electron chi connectivity index (χ0n) is 12.3. The highest BCUT2D eigenvalue weighted by atomic mass is 32.2. The van der Waals surface area contributed by atoms with E-state index >= 15 is 0 Å². The Balaban J connectivity index is 1.60. The molecule has 0 saturated carbocycles. The Kier molecular flexibility index (Phi) is 4.44. The third-order valence-electron chi connectivity index (χ3n) is 3.54. The van der Waals surface area contributed by atoms with E-state index < -0.39 is 0 Å². The number of H-pyrrole nitrogens is 1. The summed E-state index contributed by atoms with van der Waals surface area (Å²) >= 11 is 1.71. The number of aromatic amines is 1. The van der Waals surface area contributed by atoms with Gasteiger partial charge in [0.25, 0.3) is 0 Å². The highest BCUT2D eigenvalue weighted by Crippen LogP contribution is 2.16. The quantitative estimate of drug-likeness (QED) is 0.712. The van der Waals surface area contributed by atoms with Crippen LogP contribution in [-0.4, -0.2) is 22.1 Å². The topological polar surface area (TPSA) is 57.8 Å². The molecule has 1 aromatic carbocycles. The number of hydrogen-bond acceptors (Lipinski definition) is 3. The average molecular weight is 311 g/mol. The second kappa shape index (κ2) is 6.66. The molecule has 0 fully saturated rings. The molecule has 0 aliphatic heterocycles. The molecule has 0 saturated heterocycles. The molecule has 0 radical (unpaired) electrons. The van der Waals surface area contributed by atoms with Crippen LogP contribution < -0.4 is 5.32 Å². The Labute approximate surface area is 133 Å². The molecule has 0 atom stereocenters. The molecule has 0 aliphatic carbocycles. The fraction of sp³-hybridized carbons (Fsp3) is 0.176. The molecular weight excluding hydrogens is 294 g/mol. The van der Waals surface area contributed by atoms with E-state index in [9.17, 15) is 4.79 Å².